The highest BCUT2D eigenvalue weighted by molar-refractivity contribution is 14.1. The van der Waals surface area contributed by atoms with Crippen molar-refractivity contribution in [1.29, 1.82) is 0 Å². The summed E-state index contributed by atoms with van der Waals surface area (Å²) < 4.78 is 1.85. The molecule has 0 spiro atoms. The maximum Gasteiger partial charge on any atom is 0.255 e. The number of rotatable bonds is 4. The van der Waals surface area contributed by atoms with Gasteiger partial charge in [0.2, 0.25) is 0 Å². The number of thiocarbonyl (C=S) groups is 1. The first kappa shape index (κ1) is 16.2. The van der Waals surface area contributed by atoms with Crippen molar-refractivity contribution in [3.8, 4) is 0 Å². The molecule has 108 valence electrons. The smallest absolute Gasteiger partial charge is 0.255 e. The highest BCUT2D eigenvalue weighted by Gasteiger charge is 2.28. The first-order valence-electron chi connectivity index (χ1n) is 6.53. The third-order valence-corrected chi connectivity index (χ3v) is 5.07. The standard InChI is InChI=1S/C14H16BrIN2OS/c15-9-5-6-12(16)11(7-9)14(19)18(8-13(17)20)10-3-1-2-4-10/h5-7,10H,1-4,8H2,(H2,17,20). The van der Waals surface area contributed by atoms with Gasteiger partial charge in [0.25, 0.3) is 5.91 Å². The second kappa shape index (κ2) is 7.17. The van der Waals surface area contributed by atoms with Crippen molar-refractivity contribution >= 4 is 61.6 Å². The number of nitrogens with zero attached hydrogens (tertiary/aromatic N) is 1. The Labute approximate surface area is 146 Å². The fraction of sp³-hybridized carbons (Fsp3) is 0.429. The van der Waals surface area contributed by atoms with Crippen molar-refractivity contribution in [2.45, 2.75) is 31.7 Å². The van der Waals surface area contributed by atoms with Crippen LogP contribution in [0.3, 0.4) is 0 Å². The Balaban J connectivity index is 2.29. The number of carbonyl (C=O) groups excluding carboxylic acids is 1. The molecule has 0 heterocycles. The Morgan fingerprint density at radius 3 is 2.70 bits per heavy atom. The topological polar surface area (TPSA) is 46.3 Å². The van der Waals surface area contributed by atoms with Crippen molar-refractivity contribution in [1.82, 2.24) is 4.90 Å². The Morgan fingerprint density at radius 2 is 2.10 bits per heavy atom. The van der Waals surface area contributed by atoms with E-state index < -0.39 is 0 Å². The molecule has 1 aliphatic carbocycles. The van der Waals surface area contributed by atoms with Crippen molar-refractivity contribution in [2.24, 2.45) is 5.73 Å². The predicted octanol–water partition coefficient (Wildman–Crippen LogP) is 3.72. The average Bonchev–Trinajstić information content (AvgIpc) is 2.91. The van der Waals surface area contributed by atoms with Gasteiger partial charge in [-0.15, -0.1) is 0 Å². The van der Waals surface area contributed by atoms with Crippen LogP contribution in [0, 0.1) is 3.57 Å². The summed E-state index contributed by atoms with van der Waals surface area (Å²) in [6, 6.07) is 6.00. The molecule has 0 radical (unpaired) electrons. The van der Waals surface area contributed by atoms with E-state index in [1.807, 2.05) is 23.1 Å². The fourth-order valence-electron chi connectivity index (χ4n) is 2.57. The van der Waals surface area contributed by atoms with E-state index in [-0.39, 0.29) is 11.9 Å². The van der Waals surface area contributed by atoms with Gasteiger partial charge in [0.15, 0.2) is 0 Å². The third kappa shape index (κ3) is 3.92. The zero-order valence-electron chi connectivity index (χ0n) is 10.9. The van der Waals surface area contributed by atoms with Crippen LogP contribution in [-0.4, -0.2) is 28.4 Å². The van der Waals surface area contributed by atoms with Crippen LogP contribution in [0.5, 0.6) is 0 Å². The molecule has 0 aromatic heterocycles. The molecule has 0 bridgehead atoms. The van der Waals surface area contributed by atoms with Crippen molar-refractivity contribution in [3.05, 3.63) is 31.8 Å². The third-order valence-electron chi connectivity index (χ3n) is 3.51. The lowest BCUT2D eigenvalue weighted by Crippen LogP contribution is -2.43. The van der Waals surface area contributed by atoms with Crippen LogP contribution in [-0.2, 0) is 0 Å². The SMILES string of the molecule is NC(=S)CN(C(=O)c1cc(Br)ccc1I)C1CCCC1. The minimum atomic E-state index is 0.0235. The van der Waals surface area contributed by atoms with Crippen molar-refractivity contribution in [3.63, 3.8) is 0 Å². The van der Waals surface area contributed by atoms with Gasteiger partial charge in [0.1, 0.15) is 0 Å². The zero-order valence-corrected chi connectivity index (χ0v) is 15.5. The normalized spacial score (nSPS) is 15.3. The van der Waals surface area contributed by atoms with E-state index in [2.05, 4.69) is 38.5 Å². The molecule has 1 saturated carbocycles. The van der Waals surface area contributed by atoms with Crippen LogP contribution in [0.4, 0.5) is 0 Å². The minimum Gasteiger partial charge on any atom is -0.392 e. The van der Waals surface area contributed by atoms with Crippen molar-refractivity contribution < 1.29 is 4.79 Å². The van der Waals surface area contributed by atoms with Crippen LogP contribution < -0.4 is 5.73 Å². The Morgan fingerprint density at radius 1 is 1.45 bits per heavy atom. The van der Waals surface area contributed by atoms with Gasteiger partial charge >= 0.3 is 0 Å². The lowest BCUT2D eigenvalue weighted by molar-refractivity contribution is 0.0713. The molecule has 1 amide bonds. The van der Waals surface area contributed by atoms with Crippen LogP contribution in [0.25, 0.3) is 0 Å². The molecule has 6 heteroatoms. The van der Waals surface area contributed by atoms with Gasteiger partial charge in [0.05, 0.1) is 17.1 Å². The molecule has 2 N–H and O–H groups in total. The first-order chi connectivity index (χ1) is 9.49. The fourth-order valence-corrected chi connectivity index (χ4v) is 3.63. The summed E-state index contributed by atoms with van der Waals surface area (Å²) in [7, 11) is 0. The molecule has 0 atom stereocenters. The quantitative estimate of drug-likeness (QED) is 0.543. The maximum absolute atomic E-state index is 12.8. The van der Waals surface area contributed by atoms with Gasteiger partial charge in [-0.05, 0) is 53.6 Å². The summed E-state index contributed by atoms with van der Waals surface area (Å²) >= 11 is 10.6. The number of halogens is 2. The summed E-state index contributed by atoms with van der Waals surface area (Å²) in [5, 5.41) is 0. The first-order valence-corrected chi connectivity index (χ1v) is 8.81. The summed E-state index contributed by atoms with van der Waals surface area (Å²) in [6.45, 7) is 0.363. The molecule has 2 rings (SSSR count). The number of hydrogen-bond donors (Lipinski definition) is 1. The Hall–Kier alpha value is -0.210. The number of carbonyl (C=O) groups is 1. The highest BCUT2D eigenvalue weighted by atomic mass is 127. The van der Waals surface area contributed by atoms with Gasteiger partial charge in [-0.1, -0.05) is 41.0 Å². The van der Waals surface area contributed by atoms with E-state index in [0.717, 1.165) is 20.9 Å². The van der Waals surface area contributed by atoms with Gasteiger partial charge in [-0.2, -0.15) is 0 Å². The average molecular weight is 467 g/mol. The van der Waals surface area contributed by atoms with E-state index in [1.165, 1.54) is 12.8 Å². The van der Waals surface area contributed by atoms with Gasteiger partial charge < -0.3 is 10.6 Å². The number of benzene rings is 1. The molecular weight excluding hydrogens is 451 g/mol. The molecule has 20 heavy (non-hydrogen) atoms. The molecular formula is C14H16BrIN2OS. The van der Waals surface area contributed by atoms with Crippen molar-refractivity contribution in [2.75, 3.05) is 6.54 Å². The van der Waals surface area contributed by atoms with E-state index in [0.29, 0.717) is 17.1 Å². The van der Waals surface area contributed by atoms with Crippen LogP contribution in [0.15, 0.2) is 22.7 Å². The summed E-state index contributed by atoms with van der Waals surface area (Å²) in [6.07, 6.45) is 4.42. The van der Waals surface area contributed by atoms with E-state index in [1.54, 1.807) is 0 Å². The lowest BCUT2D eigenvalue weighted by atomic mass is 10.1. The number of nitrogens with two attached hydrogens (primary N) is 1. The van der Waals surface area contributed by atoms with E-state index in [9.17, 15) is 4.79 Å². The number of hydrogen-bond acceptors (Lipinski definition) is 2. The zero-order chi connectivity index (χ0) is 14.7. The Bertz CT molecular complexity index is 532. The minimum absolute atomic E-state index is 0.0235. The molecule has 0 aliphatic heterocycles. The second-order valence-electron chi connectivity index (χ2n) is 4.96. The summed E-state index contributed by atoms with van der Waals surface area (Å²) in [5.74, 6) is 0.0235. The van der Waals surface area contributed by atoms with Gasteiger partial charge in [0, 0.05) is 14.1 Å². The molecule has 1 fully saturated rings. The van der Waals surface area contributed by atoms with E-state index in [4.69, 9.17) is 18.0 Å². The highest BCUT2D eigenvalue weighted by Crippen LogP contribution is 2.27. The molecule has 0 unspecified atom stereocenters. The molecule has 1 aromatic rings. The Kier molecular flexibility index (Phi) is 5.80. The molecule has 1 aromatic carbocycles. The number of amides is 1. The summed E-state index contributed by atoms with van der Waals surface area (Å²) in [4.78, 5) is 15.0. The molecule has 0 saturated heterocycles. The van der Waals surface area contributed by atoms with Crippen LogP contribution in [0.1, 0.15) is 36.0 Å². The summed E-state index contributed by atoms with van der Waals surface area (Å²) in [5.41, 5.74) is 6.38. The second-order valence-corrected chi connectivity index (χ2v) is 7.56. The van der Waals surface area contributed by atoms with Crippen LogP contribution >= 0.6 is 50.7 Å². The van der Waals surface area contributed by atoms with Crippen LogP contribution in [0.2, 0.25) is 0 Å². The van der Waals surface area contributed by atoms with Gasteiger partial charge in [-0.3, -0.25) is 4.79 Å². The van der Waals surface area contributed by atoms with Gasteiger partial charge in [-0.25, -0.2) is 0 Å². The predicted molar refractivity (Wildman–Crippen MR) is 96.9 cm³/mol. The largest absolute Gasteiger partial charge is 0.392 e. The van der Waals surface area contributed by atoms with E-state index >= 15 is 0 Å². The lowest BCUT2D eigenvalue weighted by Gasteiger charge is -2.29. The molecule has 1 aliphatic rings. The monoisotopic (exact) mass is 466 g/mol. The molecule has 3 nitrogen and oxygen atoms in total. The maximum atomic E-state index is 12.8.